The molecule has 9 heteroatoms. The van der Waals surface area contributed by atoms with Gasteiger partial charge >= 0.3 is 0 Å². The molecule has 2 aliphatic heterocycles. The molecule has 1 saturated heterocycles. The van der Waals surface area contributed by atoms with Crippen molar-refractivity contribution < 1.29 is 9.47 Å². The molecular weight excluding hydrogens is 617 g/mol. The molecule has 0 spiro atoms. The fourth-order valence-electron chi connectivity index (χ4n) is 6.71. The van der Waals surface area contributed by atoms with Gasteiger partial charge in [0.1, 0.15) is 5.75 Å². The maximum Gasteiger partial charge on any atom is 0.218 e. The summed E-state index contributed by atoms with van der Waals surface area (Å²) >= 11 is 14.3. The zero-order chi connectivity index (χ0) is 32.0. The van der Waals surface area contributed by atoms with E-state index in [4.69, 9.17) is 42.6 Å². The third kappa shape index (κ3) is 7.04. The number of aromatic nitrogens is 2. The van der Waals surface area contributed by atoms with Gasteiger partial charge in [0.25, 0.3) is 0 Å². The number of fused-ring (bicyclic) bond motifs is 1. The summed E-state index contributed by atoms with van der Waals surface area (Å²) in [5.41, 5.74) is 8.39. The fraction of sp³-hybridized carbons (Fsp3) is 0.405. The van der Waals surface area contributed by atoms with Crippen molar-refractivity contribution in [2.45, 2.75) is 45.7 Å². The molecular formula is C37H43Cl2N5O2. The Bertz CT molecular complexity index is 1660. The Balaban J connectivity index is 1.28. The second-order valence-corrected chi connectivity index (χ2v) is 12.9. The van der Waals surface area contributed by atoms with Crippen LogP contribution >= 0.6 is 23.2 Å². The number of benzene rings is 2. The van der Waals surface area contributed by atoms with Crippen LogP contribution in [-0.2, 0) is 19.5 Å². The van der Waals surface area contributed by atoms with Gasteiger partial charge in [0.05, 0.1) is 35.7 Å². The van der Waals surface area contributed by atoms with Crippen LogP contribution in [0.4, 0.5) is 0 Å². The molecule has 0 aliphatic carbocycles. The number of methoxy groups -OCH3 is 2. The molecule has 0 bridgehead atoms. The minimum absolute atomic E-state index is 0.550. The van der Waals surface area contributed by atoms with Gasteiger partial charge in [-0.05, 0) is 87.6 Å². The molecule has 242 valence electrons. The van der Waals surface area contributed by atoms with Crippen LogP contribution in [-0.4, -0.2) is 61.8 Å². The fourth-order valence-corrected chi connectivity index (χ4v) is 7.36. The van der Waals surface area contributed by atoms with E-state index in [0.717, 1.165) is 90.9 Å². The maximum absolute atomic E-state index is 7.16. The van der Waals surface area contributed by atoms with Crippen molar-refractivity contribution in [3.05, 3.63) is 81.5 Å². The number of ether oxygens (including phenoxy) is 2. The number of piperidine rings is 1. The number of hydrogen-bond donors (Lipinski definition) is 2. The van der Waals surface area contributed by atoms with Crippen molar-refractivity contribution in [2.24, 2.45) is 5.92 Å². The molecule has 1 fully saturated rings. The highest BCUT2D eigenvalue weighted by Crippen LogP contribution is 2.43. The van der Waals surface area contributed by atoms with Gasteiger partial charge in [-0.2, -0.15) is 0 Å². The zero-order valence-corrected chi connectivity index (χ0v) is 28.5. The predicted octanol–water partition coefficient (Wildman–Crippen LogP) is 7.66. The first-order chi connectivity index (χ1) is 22.5. The Labute approximate surface area is 282 Å². The number of halogens is 2. The molecule has 6 rings (SSSR count). The van der Waals surface area contributed by atoms with Crippen molar-refractivity contribution >= 4 is 23.2 Å². The zero-order valence-electron chi connectivity index (χ0n) is 27.0. The molecule has 0 unspecified atom stereocenters. The SMILES string of the molecule is CCNCc1ccc(-c2cccc(-c3ccnc(-c4cc5c(c(OC)c4)CN(CCC4CCNCC4)CC5)c3Cl)c2Cl)nc1OC. The Morgan fingerprint density at radius 1 is 0.978 bits per heavy atom. The first-order valence-corrected chi connectivity index (χ1v) is 17.1. The average molecular weight is 661 g/mol. The Kier molecular flexibility index (Phi) is 10.8. The average Bonchev–Trinajstić information content (AvgIpc) is 3.10. The van der Waals surface area contributed by atoms with Crippen LogP contribution in [0, 0.1) is 5.92 Å². The van der Waals surface area contributed by atoms with E-state index in [2.05, 4.69) is 34.6 Å². The van der Waals surface area contributed by atoms with E-state index < -0.39 is 0 Å². The molecule has 4 heterocycles. The van der Waals surface area contributed by atoms with Crippen LogP contribution in [0.1, 0.15) is 42.9 Å². The monoisotopic (exact) mass is 659 g/mol. The van der Waals surface area contributed by atoms with Gasteiger partial charge in [0.2, 0.25) is 5.88 Å². The van der Waals surface area contributed by atoms with Crippen molar-refractivity contribution in [3.8, 4) is 45.3 Å². The van der Waals surface area contributed by atoms with Crippen molar-refractivity contribution in [1.82, 2.24) is 25.5 Å². The van der Waals surface area contributed by atoms with Crippen LogP contribution in [0.5, 0.6) is 11.6 Å². The van der Waals surface area contributed by atoms with Crippen LogP contribution in [0.15, 0.2) is 54.7 Å². The van der Waals surface area contributed by atoms with E-state index in [9.17, 15) is 0 Å². The maximum atomic E-state index is 7.16. The lowest BCUT2D eigenvalue weighted by Gasteiger charge is -2.32. The smallest absolute Gasteiger partial charge is 0.218 e. The first-order valence-electron chi connectivity index (χ1n) is 16.3. The molecule has 2 aliphatic rings. The third-order valence-electron chi connectivity index (χ3n) is 9.34. The minimum atomic E-state index is 0.550. The van der Waals surface area contributed by atoms with Gasteiger partial charge in [-0.15, -0.1) is 0 Å². The number of hydrogen-bond acceptors (Lipinski definition) is 7. The normalized spacial score (nSPS) is 15.5. The highest BCUT2D eigenvalue weighted by molar-refractivity contribution is 6.39. The van der Waals surface area contributed by atoms with Gasteiger partial charge in [-0.3, -0.25) is 9.88 Å². The van der Waals surface area contributed by atoms with Gasteiger partial charge in [0.15, 0.2) is 0 Å². The van der Waals surface area contributed by atoms with Gasteiger partial charge in [-0.25, -0.2) is 4.98 Å². The van der Waals surface area contributed by atoms with Crippen LogP contribution in [0.25, 0.3) is 33.6 Å². The van der Waals surface area contributed by atoms with Crippen LogP contribution in [0.3, 0.4) is 0 Å². The molecule has 2 N–H and O–H groups in total. The first kappa shape index (κ1) is 32.7. The van der Waals surface area contributed by atoms with E-state index in [-0.39, 0.29) is 0 Å². The Morgan fingerprint density at radius 2 is 1.78 bits per heavy atom. The highest BCUT2D eigenvalue weighted by atomic mass is 35.5. The van der Waals surface area contributed by atoms with E-state index in [1.165, 1.54) is 30.4 Å². The van der Waals surface area contributed by atoms with Crippen molar-refractivity contribution in [2.75, 3.05) is 46.9 Å². The number of rotatable bonds is 11. The molecule has 0 amide bonds. The second-order valence-electron chi connectivity index (χ2n) is 12.2. The third-order valence-corrected chi connectivity index (χ3v) is 10.1. The molecule has 0 atom stereocenters. The lowest BCUT2D eigenvalue weighted by Crippen LogP contribution is -2.34. The molecule has 2 aromatic heterocycles. The lowest BCUT2D eigenvalue weighted by molar-refractivity contribution is 0.217. The quantitative estimate of drug-likeness (QED) is 0.171. The van der Waals surface area contributed by atoms with Crippen molar-refractivity contribution in [3.63, 3.8) is 0 Å². The van der Waals surface area contributed by atoms with Gasteiger partial charge in [-0.1, -0.05) is 54.4 Å². The van der Waals surface area contributed by atoms with E-state index in [0.29, 0.717) is 28.2 Å². The minimum Gasteiger partial charge on any atom is -0.496 e. The predicted molar refractivity (Wildman–Crippen MR) is 188 cm³/mol. The number of nitrogens with zero attached hydrogens (tertiary/aromatic N) is 3. The molecule has 0 radical (unpaired) electrons. The van der Waals surface area contributed by atoms with E-state index in [1.807, 2.05) is 36.4 Å². The van der Waals surface area contributed by atoms with E-state index in [1.54, 1.807) is 20.4 Å². The number of nitrogens with one attached hydrogen (secondary N) is 2. The van der Waals surface area contributed by atoms with Crippen LogP contribution < -0.4 is 20.1 Å². The van der Waals surface area contributed by atoms with Crippen molar-refractivity contribution in [1.29, 1.82) is 0 Å². The summed E-state index contributed by atoms with van der Waals surface area (Å²) in [5, 5.41) is 7.93. The lowest BCUT2D eigenvalue weighted by atomic mass is 9.92. The highest BCUT2D eigenvalue weighted by Gasteiger charge is 2.24. The van der Waals surface area contributed by atoms with Crippen LogP contribution in [0.2, 0.25) is 10.0 Å². The standard InChI is InChI=1S/C37H43Cl2N5O2/c1-4-40-22-26-8-9-32(43-37(26)46-3)30-7-5-6-28(34(30)38)29-12-17-42-36(35(29)39)27-20-25-14-19-44(23-31(25)33(21-27)45-2)18-13-24-10-15-41-16-11-24/h5-9,12,17,20-21,24,40-41H,4,10-11,13-16,18-19,22-23H2,1-3H3. The summed E-state index contributed by atoms with van der Waals surface area (Å²) in [6, 6.07) is 16.2. The summed E-state index contributed by atoms with van der Waals surface area (Å²) in [4.78, 5) is 12.1. The molecule has 7 nitrogen and oxygen atoms in total. The number of pyridine rings is 2. The van der Waals surface area contributed by atoms with Gasteiger partial charge < -0.3 is 20.1 Å². The van der Waals surface area contributed by atoms with E-state index >= 15 is 0 Å². The summed E-state index contributed by atoms with van der Waals surface area (Å²) in [6.45, 7) is 9.00. The summed E-state index contributed by atoms with van der Waals surface area (Å²) in [6.07, 6.45) is 6.61. The summed E-state index contributed by atoms with van der Waals surface area (Å²) in [7, 11) is 3.39. The Morgan fingerprint density at radius 3 is 2.57 bits per heavy atom. The molecule has 2 aromatic carbocycles. The topological polar surface area (TPSA) is 71.5 Å². The van der Waals surface area contributed by atoms with Gasteiger partial charge in [0, 0.05) is 59.2 Å². The molecule has 4 aromatic rings. The molecule has 46 heavy (non-hydrogen) atoms. The second kappa shape index (κ2) is 15.1. The summed E-state index contributed by atoms with van der Waals surface area (Å²) in [5.74, 6) is 2.30. The largest absolute Gasteiger partial charge is 0.496 e. The summed E-state index contributed by atoms with van der Waals surface area (Å²) < 4.78 is 11.6. The molecule has 0 saturated carbocycles. The Hall–Kier alpha value is -3.20.